The van der Waals surface area contributed by atoms with Crippen molar-refractivity contribution in [3.63, 3.8) is 0 Å². The van der Waals surface area contributed by atoms with E-state index in [4.69, 9.17) is 4.74 Å². The van der Waals surface area contributed by atoms with Gasteiger partial charge in [0.05, 0.1) is 24.1 Å². The van der Waals surface area contributed by atoms with Gasteiger partial charge in [-0.1, -0.05) is 12.1 Å². The number of anilines is 1. The van der Waals surface area contributed by atoms with Crippen LogP contribution >= 0.6 is 0 Å². The van der Waals surface area contributed by atoms with Crippen molar-refractivity contribution in [1.29, 1.82) is 0 Å². The molecular formula is C18H20N4O2. The SMILES string of the molecule is CCOc1ccccc1NC(=O)c1cnc2c(cnn2C(C)C)c1. The Morgan fingerprint density at radius 3 is 2.83 bits per heavy atom. The number of aromatic nitrogens is 3. The summed E-state index contributed by atoms with van der Waals surface area (Å²) in [5.41, 5.74) is 1.90. The van der Waals surface area contributed by atoms with E-state index in [-0.39, 0.29) is 11.9 Å². The molecular weight excluding hydrogens is 304 g/mol. The Morgan fingerprint density at radius 1 is 1.29 bits per heavy atom. The smallest absolute Gasteiger partial charge is 0.257 e. The van der Waals surface area contributed by atoms with Gasteiger partial charge < -0.3 is 10.1 Å². The van der Waals surface area contributed by atoms with Gasteiger partial charge in [0, 0.05) is 17.6 Å². The maximum atomic E-state index is 12.5. The summed E-state index contributed by atoms with van der Waals surface area (Å²) in [7, 11) is 0. The molecule has 0 aliphatic rings. The fourth-order valence-corrected chi connectivity index (χ4v) is 2.49. The number of carbonyl (C=O) groups excluding carboxylic acids is 1. The van der Waals surface area contributed by atoms with Crippen molar-refractivity contribution in [2.45, 2.75) is 26.8 Å². The molecule has 0 bridgehead atoms. The van der Waals surface area contributed by atoms with E-state index in [0.717, 1.165) is 11.0 Å². The number of amides is 1. The molecule has 1 aromatic carbocycles. The van der Waals surface area contributed by atoms with E-state index in [2.05, 4.69) is 15.4 Å². The first kappa shape index (κ1) is 16.0. The normalized spacial score (nSPS) is 11.0. The summed E-state index contributed by atoms with van der Waals surface area (Å²) in [4.78, 5) is 16.9. The van der Waals surface area contributed by atoms with Crippen LogP contribution in [0.5, 0.6) is 5.75 Å². The van der Waals surface area contributed by atoms with Gasteiger partial charge in [-0.15, -0.1) is 0 Å². The summed E-state index contributed by atoms with van der Waals surface area (Å²) >= 11 is 0. The van der Waals surface area contributed by atoms with Gasteiger partial charge in [-0.2, -0.15) is 5.10 Å². The van der Waals surface area contributed by atoms with Crippen molar-refractivity contribution in [2.24, 2.45) is 0 Å². The molecule has 0 fully saturated rings. The predicted octanol–water partition coefficient (Wildman–Crippen LogP) is 3.66. The number of fused-ring (bicyclic) bond motifs is 1. The molecule has 1 amide bonds. The van der Waals surface area contributed by atoms with Gasteiger partial charge >= 0.3 is 0 Å². The molecule has 2 heterocycles. The van der Waals surface area contributed by atoms with Crippen molar-refractivity contribution in [3.8, 4) is 5.75 Å². The number of hydrogen-bond donors (Lipinski definition) is 1. The first-order valence-electron chi connectivity index (χ1n) is 7.96. The Kier molecular flexibility index (Phi) is 4.46. The Bertz CT molecular complexity index is 870. The molecule has 0 saturated heterocycles. The third-order valence-electron chi connectivity index (χ3n) is 3.62. The van der Waals surface area contributed by atoms with Crippen LogP contribution in [0, 0.1) is 0 Å². The van der Waals surface area contributed by atoms with E-state index in [0.29, 0.717) is 23.6 Å². The van der Waals surface area contributed by atoms with Crippen LogP contribution in [0.1, 0.15) is 37.2 Å². The van der Waals surface area contributed by atoms with Crippen LogP contribution in [-0.2, 0) is 0 Å². The second-order valence-corrected chi connectivity index (χ2v) is 5.70. The van der Waals surface area contributed by atoms with Gasteiger partial charge in [0.25, 0.3) is 5.91 Å². The highest BCUT2D eigenvalue weighted by atomic mass is 16.5. The fourth-order valence-electron chi connectivity index (χ4n) is 2.49. The minimum Gasteiger partial charge on any atom is -0.492 e. The van der Waals surface area contributed by atoms with E-state index in [1.807, 2.05) is 49.7 Å². The lowest BCUT2D eigenvalue weighted by atomic mass is 10.2. The van der Waals surface area contributed by atoms with Crippen molar-refractivity contribution in [2.75, 3.05) is 11.9 Å². The lowest BCUT2D eigenvalue weighted by Gasteiger charge is -2.11. The van der Waals surface area contributed by atoms with Crippen molar-refractivity contribution in [3.05, 3.63) is 48.3 Å². The Labute approximate surface area is 140 Å². The van der Waals surface area contributed by atoms with E-state index < -0.39 is 0 Å². The lowest BCUT2D eigenvalue weighted by Crippen LogP contribution is -2.13. The van der Waals surface area contributed by atoms with E-state index >= 15 is 0 Å². The molecule has 24 heavy (non-hydrogen) atoms. The summed E-state index contributed by atoms with van der Waals surface area (Å²) in [5, 5.41) is 8.04. The zero-order valence-corrected chi connectivity index (χ0v) is 14.0. The van der Waals surface area contributed by atoms with Crippen LogP contribution in [0.15, 0.2) is 42.7 Å². The van der Waals surface area contributed by atoms with Gasteiger partial charge in [0.15, 0.2) is 5.65 Å². The highest BCUT2D eigenvalue weighted by molar-refractivity contribution is 6.06. The standard InChI is InChI=1S/C18H20N4O2/c1-4-24-16-8-6-5-7-15(16)21-18(23)14-9-13-11-20-22(12(2)3)17(13)19-10-14/h5-12H,4H2,1-3H3,(H,21,23). The number of nitrogens with one attached hydrogen (secondary N) is 1. The van der Waals surface area contributed by atoms with Gasteiger partial charge in [-0.25, -0.2) is 9.67 Å². The molecule has 0 radical (unpaired) electrons. The third kappa shape index (κ3) is 3.08. The van der Waals surface area contributed by atoms with Gasteiger partial charge in [0.1, 0.15) is 5.75 Å². The average Bonchev–Trinajstić information content (AvgIpc) is 3.00. The molecule has 3 aromatic rings. The number of pyridine rings is 1. The molecule has 0 saturated carbocycles. The first-order chi connectivity index (χ1) is 11.6. The monoisotopic (exact) mass is 324 g/mol. The molecule has 6 nitrogen and oxygen atoms in total. The van der Waals surface area contributed by atoms with Gasteiger partial charge in [-0.05, 0) is 39.0 Å². The maximum absolute atomic E-state index is 12.5. The zero-order valence-electron chi connectivity index (χ0n) is 14.0. The number of para-hydroxylation sites is 2. The largest absolute Gasteiger partial charge is 0.492 e. The minimum absolute atomic E-state index is 0.216. The van der Waals surface area contributed by atoms with Crippen LogP contribution in [0.3, 0.4) is 0 Å². The number of carbonyl (C=O) groups is 1. The summed E-state index contributed by atoms with van der Waals surface area (Å²) in [6.07, 6.45) is 3.30. The molecule has 1 N–H and O–H groups in total. The number of rotatable bonds is 5. The first-order valence-corrected chi connectivity index (χ1v) is 7.96. The Balaban J connectivity index is 1.87. The van der Waals surface area contributed by atoms with Crippen LogP contribution < -0.4 is 10.1 Å². The highest BCUT2D eigenvalue weighted by Gasteiger charge is 2.13. The highest BCUT2D eigenvalue weighted by Crippen LogP contribution is 2.24. The summed E-state index contributed by atoms with van der Waals surface area (Å²) in [5.74, 6) is 0.420. The van der Waals surface area contributed by atoms with Crippen molar-refractivity contribution >= 4 is 22.6 Å². The molecule has 124 valence electrons. The fraction of sp³-hybridized carbons (Fsp3) is 0.278. The Hall–Kier alpha value is -2.89. The molecule has 0 aliphatic heterocycles. The summed E-state index contributed by atoms with van der Waals surface area (Å²) in [6.45, 7) is 6.52. The van der Waals surface area contributed by atoms with E-state index in [1.54, 1.807) is 18.5 Å². The third-order valence-corrected chi connectivity index (χ3v) is 3.62. The van der Waals surface area contributed by atoms with Crippen LogP contribution in [0.25, 0.3) is 11.0 Å². The number of hydrogen-bond acceptors (Lipinski definition) is 4. The van der Waals surface area contributed by atoms with Gasteiger partial charge in [-0.3, -0.25) is 4.79 Å². The molecule has 0 atom stereocenters. The topological polar surface area (TPSA) is 69.0 Å². The second-order valence-electron chi connectivity index (χ2n) is 5.70. The average molecular weight is 324 g/mol. The zero-order chi connectivity index (χ0) is 17.1. The maximum Gasteiger partial charge on any atom is 0.257 e. The lowest BCUT2D eigenvalue weighted by molar-refractivity contribution is 0.102. The van der Waals surface area contributed by atoms with Crippen LogP contribution in [-0.4, -0.2) is 27.3 Å². The molecule has 2 aromatic heterocycles. The predicted molar refractivity (Wildman–Crippen MR) is 93.5 cm³/mol. The molecule has 0 spiro atoms. The van der Waals surface area contributed by atoms with Crippen molar-refractivity contribution in [1.82, 2.24) is 14.8 Å². The quantitative estimate of drug-likeness (QED) is 0.777. The minimum atomic E-state index is -0.228. The number of benzene rings is 1. The van der Waals surface area contributed by atoms with Gasteiger partial charge in [0.2, 0.25) is 0 Å². The van der Waals surface area contributed by atoms with E-state index in [9.17, 15) is 4.79 Å². The number of nitrogens with zero attached hydrogens (tertiary/aromatic N) is 3. The second kappa shape index (κ2) is 6.70. The molecule has 3 rings (SSSR count). The van der Waals surface area contributed by atoms with Crippen LogP contribution in [0.4, 0.5) is 5.69 Å². The van der Waals surface area contributed by atoms with Crippen molar-refractivity contribution < 1.29 is 9.53 Å². The summed E-state index contributed by atoms with van der Waals surface area (Å²) < 4.78 is 7.36. The molecule has 0 aliphatic carbocycles. The summed E-state index contributed by atoms with van der Waals surface area (Å²) in [6, 6.07) is 9.37. The van der Waals surface area contributed by atoms with Crippen LogP contribution in [0.2, 0.25) is 0 Å². The van der Waals surface area contributed by atoms with E-state index in [1.165, 1.54) is 0 Å². The molecule has 6 heteroatoms. The number of ether oxygens (including phenoxy) is 1. The molecule has 0 unspecified atom stereocenters. The Morgan fingerprint density at radius 2 is 2.08 bits per heavy atom.